The van der Waals surface area contributed by atoms with Gasteiger partial charge in [-0.25, -0.2) is 4.98 Å². The summed E-state index contributed by atoms with van der Waals surface area (Å²) >= 11 is 6.20. The molecule has 21 heavy (non-hydrogen) atoms. The van der Waals surface area contributed by atoms with Crippen LogP contribution in [0.15, 0.2) is 12.3 Å². The smallest absolute Gasteiger partial charge is 0.255 e. The number of hydrogen-bond acceptors (Lipinski definition) is 3. The highest BCUT2D eigenvalue weighted by atomic mass is 35.5. The second-order valence-corrected chi connectivity index (χ2v) is 5.91. The van der Waals surface area contributed by atoms with E-state index < -0.39 is 0 Å². The molecule has 0 aliphatic heterocycles. The highest BCUT2D eigenvalue weighted by molar-refractivity contribution is 6.33. The van der Waals surface area contributed by atoms with Gasteiger partial charge in [-0.2, -0.15) is 0 Å². The summed E-state index contributed by atoms with van der Waals surface area (Å²) < 4.78 is 0. The van der Waals surface area contributed by atoms with Crippen LogP contribution in [0.5, 0.6) is 0 Å². The third-order valence-electron chi connectivity index (χ3n) is 4.01. The van der Waals surface area contributed by atoms with Crippen molar-refractivity contribution in [3.63, 3.8) is 0 Å². The molecule has 1 amide bonds. The number of nitrogens with zero attached hydrogens (tertiary/aromatic N) is 2. The highest BCUT2D eigenvalue weighted by Gasteiger charge is 2.27. The average molecular weight is 310 g/mol. The van der Waals surface area contributed by atoms with Gasteiger partial charge in [-0.3, -0.25) is 4.79 Å². The topological polar surface area (TPSA) is 45.2 Å². The van der Waals surface area contributed by atoms with E-state index in [2.05, 4.69) is 17.2 Å². The number of pyridine rings is 1. The first-order valence-corrected chi connectivity index (χ1v) is 8.25. The van der Waals surface area contributed by atoms with Crippen LogP contribution in [0, 0.1) is 0 Å². The quantitative estimate of drug-likeness (QED) is 0.865. The van der Waals surface area contributed by atoms with Gasteiger partial charge in [0, 0.05) is 25.3 Å². The zero-order valence-corrected chi connectivity index (χ0v) is 13.6. The lowest BCUT2D eigenvalue weighted by atomic mass is 10.1. The first kappa shape index (κ1) is 16.1. The molecule has 0 bridgehead atoms. The molecule has 0 unspecified atom stereocenters. The van der Waals surface area contributed by atoms with Gasteiger partial charge in [0.25, 0.3) is 5.91 Å². The summed E-state index contributed by atoms with van der Waals surface area (Å²) in [6, 6.07) is 2.14. The lowest BCUT2D eigenvalue weighted by Gasteiger charge is -2.28. The van der Waals surface area contributed by atoms with Crippen molar-refractivity contribution in [2.24, 2.45) is 0 Å². The highest BCUT2D eigenvalue weighted by Crippen LogP contribution is 2.27. The molecular formula is C16H24ClN3O. The van der Waals surface area contributed by atoms with Gasteiger partial charge < -0.3 is 10.2 Å². The summed E-state index contributed by atoms with van der Waals surface area (Å²) in [7, 11) is 0. The van der Waals surface area contributed by atoms with Gasteiger partial charge in [-0.15, -0.1) is 0 Å². The lowest BCUT2D eigenvalue weighted by molar-refractivity contribution is 0.0693. The van der Waals surface area contributed by atoms with Crippen LogP contribution in [0.4, 0.5) is 5.82 Å². The first-order chi connectivity index (χ1) is 10.2. The Morgan fingerprint density at radius 2 is 2.14 bits per heavy atom. The van der Waals surface area contributed by atoms with Crippen molar-refractivity contribution in [2.45, 2.75) is 52.0 Å². The maximum absolute atomic E-state index is 12.8. The number of amides is 1. The molecule has 1 aromatic rings. The molecule has 1 saturated carbocycles. The van der Waals surface area contributed by atoms with Crippen LogP contribution in [0.25, 0.3) is 0 Å². The predicted octanol–water partition coefficient (Wildman–Crippen LogP) is 3.96. The number of rotatable bonds is 6. The Balaban J connectivity index is 2.19. The molecule has 0 aromatic carbocycles. The van der Waals surface area contributed by atoms with Gasteiger partial charge in [-0.05, 0) is 32.3 Å². The Morgan fingerprint density at radius 3 is 2.76 bits per heavy atom. The molecule has 0 atom stereocenters. The zero-order chi connectivity index (χ0) is 15.2. The van der Waals surface area contributed by atoms with Gasteiger partial charge in [0.1, 0.15) is 5.82 Å². The summed E-state index contributed by atoms with van der Waals surface area (Å²) in [6.07, 6.45) is 7.20. The Kier molecular flexibility index (Phi) is 5.85. The van der Waals surface area contributed by atoms with Crippen molar-refractivity contribution in [2.75, 3.05) is 18.4 Å². The van der Waals surface area contributed by atoms with Crippen molar-refractivity contribution in [1.82, 2.24) is 9.88 Å². The van der Waals surface area contributed by atoms with Crippen molar-refractivity contribution in [3.05, 3.63) is 22.8 Å². The normalized spacial score (nSPS) is 15.2. The van der Waals surface area contributed by atoms with E-state index in [1.165, 1.54) is 12.8 Å². The molecule has 2 rings (SSSR count). The summed E-state index contributed by atoms with van der Waals surface area (Å²) in [5.41, 5.74) is 0.555. The van der Waals surface area contributed by atoms with Crippen molar-refractivity contribution < 1.29 is 4.79 Å². The number of hydrogen-bond donors (Lipinski definition) is 1. The van der Waals surface area contributed by atoms with E-state index in [0.29, 0.717) is 22.4 Å². The average Bonchev–Trinajstić information content (AvgIpc) is 3.01. The fourth-order valence-corrected chi connectivity index (χ4v) is 3.07. The minimum atomic E-state index is 0.0244. The molecule has 1 fully saturated rings. The van der Waals surface area contributed by atoms with Crippen molar-refractivity contribution in [3.8, 4) is 0 Å². The molecule has 0 radical (unpaired) electrons. The Morgan fingerprint density at radius 1 is 1.43 bits per heavy atom. The molecule has 0 saturated heterocycles. The van der Waals surface area contributed by atoms with E-state index in [1.54, 1.807) is 12.3 Å². The van der Waals surface area contributed by atoms with Crippen LogP contribution >= 0.6 is 11.6 Å². The van der Waals surface area contributed by atoms with E-state index in [-0.39, 0.29) is 5.91 Å². The Bertz CT molecular complexity index is 486. The molecule has 1 N–H and O–H groups in total. The monoisotopic (exact) mass is 309 g/mol. The van der Waals surface area contributed by atoms with Crippen molar-refractivity contribution >= 4 is 23.3 Å². The second-order valence-electron chi connectivity index (χ2n) is 5.51. The van der Waals surface area contributed by atoms with Gasteiger partial charge in [0.2, 0.25) is 0 Å². The van der Waals surface area contributed by atoms with Gasteiger partial charge in [-0.1, -0.05) is 31.4 Å². The maximum Gasteiger partial charge on any atom is 0.255 e. The number of carbonyl (C=O) groups is 1. The molecule has 5 heteroatoms. The Labute approximate surface area is 131 Å². The van der Waals surface area contributed by atoms with Crippen LogP contribution in [0.2, 0.25) is 5.02 Å². The minimum Gasteiger partial charge on any atom is -0.370 e. The van der Waals surface area contributed by atoms with E-state index in [4.69, 9.17) is 11.6 Å². The van der Waals surface area contributed by atoms with E-state index >= 15 is 0 Å². The SMILES string of the molecule is CCCNc1cc(C(=O)N(CC)C2CCCC2)c(Cl)cn1. The standard InChI is InChI=1S/C16H24ClN3O/c1-3-9-18-15-10-13(14(17)11-19-15)16(21)20(4-2)12-7-5-6-8-12/h10-12H,3-9H2,1-2H3,(H,18,19). The first-order valence-electron chi connectivity index (χ1n) is 7.87. The summed E-state index contributed by atoms with van der Waals surface area (Å²) in [5.74, 6) is 0.739. The maximum atomic E-state index is 12.8. The summed E-state index contributed by atoms with van der Waals surface area (Å²) in [5, 5.41) is 3.63. The summed E-state index contributed by atoms with van der Waals surface area (Å²) in [6.45, 7) is 5.68. The van der Waals surface area contributed by atoms with Crippen LogP contribution in [0.1, 0.15) is 56.3 Å². The number of carbonyl (C=O) groups excluding carboxylic acids is 1. The number of nitrogens with one attached hydrogen (secondary N) is 1. The third kappa shape index (κ3) is 3.88. The van der Waals surface area contributed by atoms with Crippen LogP contribution in [0.3, 0.4) is 0 Å². The fourth-order valence-electron chi connectivity index (χ4n) is 2.89. The molecule has 116 valence electrons. The molecule has 1 aliphatic rings. The van der Waals surface area contributed by atoms with Crippen LogP contribution in [-0.4, -0.2) is 34.9 Å². The van der Waals surface area contributed by atoms with Crippen LogP contribution in [-0.2, 0) is 0 Å². The van der Waals surface area contributed by atoms with Gasteiger partial charge in [0.15, 0.2) is 0 Å². The fraction of sp³-hybridized carbons (Fsp3) is 0.625. The van der Waals surface area contributed by atoms with E-state index in [9.17, 15) is 4.79 Å². The zero-order valence-electron chi connectivity index (χ0n) is 12.9. The lowest BCUT2D eigenvalue weighted by Crippen LogP contribution is -2.38. The third-order valence-corrected chi connectivity index (χ3v) is 4.31. The summed E-state index contributed by atoms with van der Waals surface area (Å²) in [4.78, 5) is 19.0. The molecule has 1 aromatic heterocycles. The van der Waals surface area contributed by atoms with Crippen molar-refractivity contribution in [1.29, 1.82) is 0 Å². The van der Waals surface area contributed by atoms with Gasteiger partial charge >= 0.3 is 0 Å². The van der Waals surface area contributed by atoms with E-state index in [0.717, 1.165) is 32.4 Å². The molecule has 1 aliphatic carbocycles. The largest absolute Gasteiger partial charge is 0.370 e. The predicted molar refractivity (Wildman–Crippen MR) is 87.0 cm³/mol. The molecule has 4 nitrogen and oxygen atoms in total. The molecule has 1 heterocycles. The number of anilines is 1. The van der Waals surface area contributed by atoms with Gasteiger partial charge in [0.05, 0.1) is 10.6 Å². The van der Waals surface area contributed by atoms with Crippen LogP contribution < -0.4 is 5.32 Å². The van der Waals surface area contributed by atoms with E-state index in [1.807, 2.05) is 11.8 Å². The second kappa shape index (κ2) is 7.64. The minimum absolute atomic E-state index is 0.0244. The number of halogens is 1. The number of aromatic nitrogens is 1. The molecular weight excluding hydrogens is 286 g/mol. The molecule has 0 spiro atoms. The Hall–Kier alpha value is -1.29.